The Bertz CT molecular complexity index is 94.9. The summed E-state index contributed by atoms with van der Waals surface area (Å²) < 4.78 is 10.5. The van der Waals surface area contributed by atoms with Crippen LogP contribution in [0.25, 0.3) is 0 Å². The van der Waals surface area contributed by atoms with Gasteiger partial charge < -0.3 is 14.6 Å². The second-order valence-corrected chi connectivity index (χ2v) is 2.49. The highest BCUT2D eigenvalue weighted by Crippen LogP contribution is 2.14. The number of hydrogen-bond donors (Lipinski definition) is 1. The van der Waals surface area contributed by atoms with Crippen LogP contribution in [0.5, 0.6) is 0 Å². The molecule has 0 amide bonds. The van der Waals surface area contributed by atoms with Gasteiger partial charge in [0, 0.05) is 0 Å². The maximum atomic E-state index is 8.65. The van der Waals surface area contributed by atoms with E-state index in [4.69, 9.17) is 14.6 Å². The lowest BCUT2D eigenvalue weighted by Crippen LogP contribution is -2.16. The Kier molecular flexibility index (Phi) is 3.12. The molecule has 1 fully saturated rings. The highest BCUT2D eigenvalue weighted by molar-refractivity contribution is 4.62. The van der Waals surface area contributed by atoms with E-state index in [1.54, 1.807) is 0 Å². The van der Waals surface area contributed by atoms with E-state index < -0.39 is 0 Å². The van der Waals surface area contributed by atoms with E-state index in [9.17, 15) is 0 Å². The molecule has 0 bridgehead atoms. The van der Waals surface area contributed by atoms with Gasteiger partial charge in [0.15, 0.2) is 6.29 Å². The van der Waals surface area contributed by atoms with Crippen LogP contribution in [0.4, 0.5) is 0 Å². The molecule has 1 aliphatic rings. The first kappa shape index (κ1) is 7.98. The molecular formula is C7H14O3. The Morgan fingerprint density at radius 2 is 2.40 bits per heavy atom. The van der Waals surface area contributed by atoms with Crippen LogP contribution in [0.2, 0.25) is 0 Å². The van der Waals surface area contributed by atoms with Gasteiger partial charge in [-0.1, -0.05) is 13.3 Å². The quantitative estimate of drug-likeness (QED) is 0.631. The summed E-state index contributed by atoms with van der Waals surface area (Å²) >= 11 is 0. The monoisotopic (exact) mass is 146 g/mol. The summed E-state index contributed by atoms with van der Waals surface area (Å²) in [4.78, 5) is 0. The molecule has 1 aliphatic heterocycles. The second kappa shape index (κ2) is 3.91. The van der Waals surface area contributed by atoms with Gasteiger partial charge in [-0.05, 0) is 6.42 Å². The van der Waals surface area contributed by atoms with Gasteiger partial charge in [-0.2, -0.15) is 0 Å². The van der Waals surface area contributed by atoms with Crippen molar-refractivity contribution in [2.45, 2.75) is 32.2 Å². The minimum atomic E-state index is -0.0865. The van der Waals surface area contributed by atoms with Crippen LogP contribution in [-0.2, 0) is 9.47 Å². The zero-order valence-electron chi connectivity index (χ0n) is 6.25. The van der Waals surface area contributed by atoms with Crippen LogP contribution in [0.15, 0.2) is 0 Å². The summed E-state index contributed by atoms with van der Waals surface area (Å²) in [5, 5.41) is 8.65. The Morgan fingerprint density at radius 3 is 2.90 bits per heavy atom. The minimum Gasteiger partial charge on any atom is -0.394 e. The van der Waals surface area contributed by atoms with Crippen molar-refractivity contribution in [3.05, 3.63) is 0 Å². The van der Waals surface area contributed by atoms with Crippen LogP contribution < -0.4 is 0 Å². The largest absolute Gasteiger partial charge is 0.394 e. The maximum absolute atomic E-state index is 8.65. The van der Waals surface area contributed by atoms with Crippen molar-refractivity contribution in [2.24, 2.45) is 0 Å². The first-order chi connectivity index (χ1) is 4.86. The molecule has 3 nitrogen and oxygen atoms in total. The molecule has 0 aromatic heterocycles. The maximum Gasteiger partial charge on any atom is 0.158 e. The average molecular weight is 146 g/mol. The normalized spacial score (nSPS) is 33.0. The summed E-state index contributed by atoms with van der Waals surface area (Å²) in [6.45, 7) is 2.69. The van der Waals surface area contributed by atoms with Gasteiger partial charge in [0.1, 0.15) is 6.10 Å². The molecule has 0 spiro atoms. The Hall–Kier alpha value is -0.120. The molecular weight excluding hydrogens is 132 g/mol. The number of aliphatic hydroxyl groups is 1. The van der Waals surface area contributed by atoms with Gasteiger partial charge in [0.05, 0.1) is 13.2 Å². The predicted octanol–water partition coefficient (Wildman–Crippen LogP) is 0.520. The third-order valence-electron chi connectivity index (χ3n) is 1.54. The van der Waals surface area contributed by atoms with Gasteiger partial charge >= 0.3 is 0 Å². The lowest BCUT2D eigenvalue weighted by Gasteiger charge is -2.07. The fraction of sp³-hybridized carbons (Fsp3) is 1.00. The van der Waals surface area contributed by atoms with Crippen molar-refractivity contribution in [1.82, 2.24) is 0 Å². The summed E-state index contributed by atoms with van der Waals surface area (Å²) in [7, 11) is 0. The third-order valence-corrected chi connectivity index (χ3v) is 1.54. The van der Waals surface area contributed by atoms with Crippen LogP contribution in [0, 0.1) is 0 Å². The van der Waals surface area contributed by atoms with Gasteiger partial charge in [-0.3, -0.25) is 0 Å². The van der Waals surface area contributed by atoms with E-state index in [-0.39, 0.29) is 19.0 Å². The molecule has 0 radical (unpaired) electrons. The van der Waals surface area contributed by atoms with Gasteiger partial charge in [0.25, 0.3) is 0 Å². The summed E-state index contributed by atoms with van der Waals surface area (Å²) in [6, 6.07) is 0. The van der Waals surface area contributed by atoms with E-state index in [1.807, 2.05) is 0 Å². The van der Waals surface area contributed by atoms with Gasteiger partial charge in [-0.15, -0.1) is 0 Å². The van der Waals surface area contributed by atoms with Crippen LogP contribution in [-0.4, -0.2) is 30.7 Å². The first-order valence-electron chi connectivity index (χ1n) is 3.74. The van der Waals surface area contributed by atoms with Crippen molar-refractivity contribution in [3.8, 4) is 0 Å². The molecule has 1 rings (SSSR count). The van der Waals surface area contributed by atoms with Crippen molar-refractivity contribution in [3.63, 3.8) is 0 Å². The van der Waals surface area contributed by atoms with Crippen molar-refractivity contribution >= 4 is 0 Å². The molecule has 0 aromatic carbocycles. The van der Waals surface area contributed by atoms with Crippen molar-refractivity contribution < 1.29 is 14.6 Å². The van der Waals surface area contributed by atoms with Gasteiger partial charge in [-0.25, -0.2) is 0 Å². The molecule has 0 aromatic rings. The number of ether oxygens (including phenoxy) is 2. The standard InChI is InChI=1S/C7H14O3/c1-2-3-7-9-5-6(4-8)10-7/h6-8H,2-5H2,1H3/t6-,7-/m1/s1. The third kappa shape index (κ3) is 1.94. The highest BCUT2D eigenvalue weighted by atomic mass is 16.7. The van der Waals surface area contributed by atoms with Crippen molar-refractivity contribution in [1.29, 1.82) is 0 Å². The average Bonchev–Trinajstić information content (AvgIpc) is 2.37. The molecule has 1 N–H and O–H groups in total. The van der Waals surface area contributed by atoms with Crippen molar-refractivity contribution in [2.75, 3.05) is 13.2 Å². The van der Waals surface area contributed by atoms with E-state index in [0.29, 0.717) is 6.61 Å². The van der Waals surface area contributed by atoms with E-state index in [1.165, 1.54) is 0 Å². The lowest BCUT2D eigenvalue weighted by atomic mass is 10.3. The topological polar surface area (TPSA) is 38.7 Å². The highest BCUT2D eigenvalue weighted by Gasteiger charge is 2.23. The lowest BCUT2D eigenvalue weighted by molar-refractivity contribution is -0.0692. The van der Waals surface area contributed by atoms with Gasteiger partial charge in [0.2, 0.25) is 0 Å². The SMILES string of the molecule is CCC[C@@H]1OC[C@@H](CO)O1. The molecule has 1 saturated heterocycles. The zero-order valence-corrected chi connectivity index (χ0v) is 6.25. The summed E-state index contributed by atoms with van der Waals surface area (Å²) in [5.74, 6) is 0. The fourth-order valence-electron chi connectivity index (χ4n) is 0.991. The molecule has 3 heteroatoms. The summed E-state index contributed by atoms with van der Waals surface area (Å²) in [5.41, 5.74) is 0. The Balaban J connectivity index is 2.15. The van der Waals surface area contributed by atoms with E-state index in [2.05, 4.69) is 6.92 Å². The Morgan fingerprint density at radius 1 is 1.60 bits per heavy atom. The van der Waals surface area contributed by atoms with E-state index >= 15 is 0 Å². The first-order valence-corrected chi connectivity index (χ1v) is 3.74. The molecule has 60 valence electrons. The number of hydrogen-bond acceptors (Lipinski definition) is 3. The number of aliphatic hydroxyl groups excluding tert-OH is 1. The zero-order chi connectivity index (χ0) is 7.40. The van der Waals surface area contributed by atoms with Crippen LogP contribution in [0.1, 0.15) is 19.8 Å². The molecule has 0 aliphatic carbocycles. The predicted molar refractivity (Wildman–Crippen MR) is 36.6 cm³/mol. The molecule has 0 saturated carbocycles. The molecule has 2 atom stereocenters. The molecule has 0 unspecified atom stereocenters. The fourth-order valence-corrected chi connectivity index (χ4v) is 0.991. The van der Waals surface area contributed by atoms with E-state index in [0.717, 1.165) is 12.8 Å². The molecule has 1 heterocycles. The second-order valence-electron chi connectivity index (χ2n) is 2.49. The Labute approximate surface area is 60.9 Å². The summed E-state index contributed by atoms with van der Waals surface area (Å²) in [6.07, 6.45) is 1.83. The number of rotatable bonds is 3. The minimum absolute atomic E-state index is 0.0675. The smallest absolute Gasteiger partial charge is 0.158 e. The van der Waals surface area contributed by atoms with Crippen LogP contribution in [0.3, 0.4) is 0 Å². The molecule has 10 heavy (non-hydrogen) atoms. The van der Waals surface area contributed by atoms with Crippen LogP contribution >= 0.6 is 0 Å².